The van der Waals surface area contributed by atoms with Gasteiger partial charge in [0.15, 0.2) is 5.82 Å². The third-order valence-electron chi connectivity index (χ3n) is 5.92. The number of aromatic nitrogens is 5. The van der Waals surface area contributed by atoms with Crippen molar-refractivity contribution in [2.75, 3.05) is 6.61 Å². The summed E-state index contributed by atoms with van der Waals surface area (Å²) in [5.74, 6) is 4.14. The van der Waals surface area contributed by atoms with E-state index in [1.165, 1.54) is 0 Å². The third-order valence-corrected chi connectivity index (χ3v) is 5.92. The van der Waals surface area contributed by atoms with E-state index in [-0.39, 0.29) is 5.92 Å². The highest BCUT2D eigenvalue weighted by Gasteiger charge is 2.24. The summed E-state index contributed by atoms with van der Waals surface area (Å²) in [6, 6.07) is 19.9. The van der Waals surface area contributed by atoms with Gasteiger partial charge in [-0.1, -0.05) is 30.3 Å². The molecule has 0 saturated heterocycles. The fourth-order valence-electron chi connectivity index (χ4n) is 4.20. The van der Waals surface area contributed by atoms with Crippen molar-refractivity contribution in [1.82, 2.24) is 24.9 Å². The zero-order valence-electron chi connectivity index (χ0n) is 18.7. The molecule has 1 aliphatic rings. The maximum absolute atomic E-state index is 6.16. The molecule has 0 saturated carbocycles. The number of hydrogen-bond donors (Lipinski definition) is 2. The third kappa shape index (κ3) is 4.03. The van der Waals surface area contributed by atoms with Gasteiger partial charge in [0.2, 0.25) is 0 Å². The van der Waals surface area contributed by atoms with Gasteiger partial charge in [-0.05, 0) is 48.7 Å². The van der Waals surface area contributed by atoms with Gasteiger partial charge in [0.05, 0.1) is 24.4 Å². The van der Waals surface area contributed by atoms with Gasteiger partial charge in [-0.2, -0.15) is 0 Å². The summed E-state index contributed by atoms with van der Waals surface area (Å²) in [6.45, 7) is 2.55. The smallest absolute Gasteiger partial charge is 0.156 e. The molecule has 0 aliphatic carbocycles. The first-order chi connectivity index (χ1) is 16.7. The lowest BCUT2D eigenvalue weighted by Gasteiger charge is -2.24. The van der Waals surface area contributed by atoms with Crippen molar-refractivity contribution >= 4 is 0 Å². The second-order valence-electron chi connectivity index (χ2n) is 8.42. The van der Waals surface area contributed by atoms with E-state index < -0.39 is 0 Å². The minimum Gasteiger partial charge on any atom is -0.493 e. The Morgan fingerprint density at radius 1 is 0.912 bits per heavy atom. The number of imidazole rings is 2. The summed E-state index contributed by atoms with van der Waals surface area (Å²) in [4.78, 5) is 20.1. The summed E-state index contributed by atoms with van der Waals surface area (Å²) in [7, 11) is 0. The van der Waals surface area contributed by atoms with E-state index >= 15 is 0 Å². The fourth-order valence-corrected chi connectivity index (χ4v) is 4.20. The zero-order chi connectivity index (χ0) is 22.9. The number of hydrogen-bond acceptors (Lipinski definition) is 5. The van der Waals surface area contributed by atoms with E-state index in [2.05, 4.69) is 37.1 Å². The average Bonchev–Trinajstić information content (AvgIpc) is 3.54. The SMILES string of the molecule is Cc1cnc(-c2cc(Oc3ccc4c(c3)CC(c3ncc(-c5ccccc5)[nH]3)CO4)ccn2)[nH]1. The van der Waals surface area contributed by atoms with Crippen LogP contribution in [-0.2, 0) is 6.42 Å². The van der Waals surface area contributed by atoms with Gasteiger partial charge in [-0.15, -0.1) is 0 Å². The monoisotopic (exact) mass is 449 g/mol. The Hall–Kier alpha value is -4.39. The predicted octanol–water partition coefficient (Wildman–Crippen LogP) is 5.68. The number of rotatable bonds is 5. The highest BCUT2D eigenvalue weighted by molar-refractivity contribution is 5.58. The lowest BCUT2D eigenvalue weighted by atomic mass is 9.96. The normalized spacial score (nSPS) is 14.9. The number of nitrogens with zero attached hydrogens (tertiary/aromatic N) is 3. The number of aryl methyl sites for hydroxylation is 1. The first-order valence-electron chi connectivity index (χ1n) is 11.2. The van der Waals surface area contributed by atoms with Gasteiger partial charge >= 0.3 is 0 Å². The van der Waals surface area contributed by atoms with Crippen LogP contribution in [-0.4, -0.2) is 31.5 Å². The molecule has 168 valence electrons. The van der Waals surface area contributed by atoms with Crippen molar-refractivity contribution in [2.45, 2.75) is 19.3 Å². The zero-order valence-corrected chi connectivity index (χ0v) is 18.7. The van der Waals surface area contributed by atoms with Crippen molar-refractivity contribution in [3.63, 3.8) is 0 Å². The molecular weight excluding hydrogens is 426 g/mol. The van der Waals surface area contributed by atoms with Crippen LogP contribution in [0.3, 0.4) is 0 Å². The van der Waals surface area contributed by atoms with Crippen molar-refractivity contribution in [3.8, 4) is 40.0 Å². The predicted molar refractivity (Wildman–Crippen MR) is 129 cm³/mol. The van der Waals surface area contributed by atoms with Crippen LogP contribution in [0.1, 0.15) is 23.0 Å². The number of ether oxygens (including phenoxy) is 2. The van der Waals surface area contributed by atoms with Crippen LogP contribution in [0, 0.1) is 6.92 Å². The van der Waals surface area contributed by atoms with Crippen LogP contribution in [0.25, 0.3) is 22.8 Å². The summed E-state index contributed by atoms with van der Waals surface area (Å²) < 4.78 is 12.2. The molecule has 1 aliphatic heterocycles. The summed E-state index contributed by atoms with van der Waals surface area (Å²) in [5, 5.41) is 0. The molecule has 6 rings (SSSR count). The number of fused-ring (bicyclic) bond motifs is 1. The van der Waals surface area contributed by atoms with E-state index in [0.29, 0.717) is 12.4 Å². The standard InChI is InChI=1S/C27H23N5O2/c1-17-14-29-27(31-17)23-13-22(9-10-28-23)34-21-7-8-25-19(12-21)11-20(16-33-25)26-30-15-24(32-26)18-5-3-2-4-6-18/h2-10,12-15,20H,11,16H2,1H3,(H,29,31)(H,30,32). The molecule has 5 aromatic rings. The topological polar surface area (TPSA) is 88.7 Å². The van der Waals surface area contributed by atoms with E-state index in [9.17, 15) is 0 Å². The Bertz CT molecular complexity index is 1440. The molecule has 34 heavy (non-hydrogen) atoms. The maximum Gasteiger partial charge on any atom is 0.156 e. The summed E-state index contributed by atoms with van der Waals surface area (Å²) >= 11 is 0. The molecule has 3 aromatic heterocycles. The first kappa shape index (κ1) is 20.2. The Kier molecular flexibility index (Phi) is 5.07. The molecule has 0 amide bonds. The Labute approximate surface area is 196 Å². The Morgan fingerprint density at radius 3 is 2.65 bits per heavy atom. The quantitative estimate of drug-likeness (QED) is 0.360. The average molecular weight is 450 g/mol. The van der Waals surface area contributed by atoms with Crippen LogP contribution in [0.15, 0.2) is 79.3 Å². The van der Waals surface area contributed by atoms with Crippen molar-refractivity contribution in [2.24, 2.45) is 0 Å². The minimum absolute atomic E-state index is 0.148. The van der Waals surface area contributed by atoms with Crippen molar-refractivity contribution in [1.29, 1.82) is 0 Å². The second kappa shape index (κ2) is 8.51. The molecular formula is C27H23N5O2. The van der Waals surface area contributed by atoms with Crippen LogP contribution in [0.5, 0.6) is 17.2 Å². The van der Waals surface area contributed by atoms with Gasteiger partial charge in [0.1, 0.15) is 28.8 Å². The number of aromatic amines is 2. The Balaban J connectivity index is 1.20. The van der Waals surface area contributed by atoms with Gasteiger partial charge in [0, 0.05) is 24.2 Å². The summed E-state index contributed by atoms with van der Waals surface area (Å²) in [5.41, 5.74) is 4.95. The number of H-pyrrole nitrogens is 2. The fraction of sp³-hybridized carbons (Fsp3) is 0.148. The molecule has 2 N–H and O–H groups in total. The number of nitrogens with one attached hydrogen (secondary N) is 2. The molecule has 4 heterocycles. The van der Waals surface area contributed by atoms with Crippen LogP contribution in [0.4, 0.5) is 0 Å². The molecule has 1 atom stereocenters. The van der Waals surface area contributed by atoms with Gasteiger partial charge in [-0.3, -0.25) is 4.98 Å². The largest absolute Gasteiger partial charge is 0.493 e. The molecule has 7 nitrogen and oxygen atoms in total. The second-order valence-corrected chi connectivity index (χ2v) is 8.42. The molecule has 0 radical (unpaired) electrons. The number of pyridine rings is 1. The molecule has 0 fully saturated rings. The molecule has 2 aromatic carbocycles. The van der Waals surface area contributed by atoms with Crippen LogP contribution >= 0.6 is 0 Å². The summed E-state index contributed by atoms with van der Waals surface area (Å²) in [6.07, 6.45) is 6.22. The van der Waals surface area contributed by atoms with Crippen molar-refractivity contribution < 1.29 is 9.47 Å². The minimum atomic E-state index is 0.148. The lowest BCUT2D eigenvalue weighted by Crippen LogP contribution is -2.20. The van der Waals surface area contributed by atoms with E-state index in [1.54, 1.807) is 12.4 Å². The van der Waals surface area contributed by atoms with Crippen molar-refractivity contribution in [3.05, 3.63) is 96.3 Å². The molecule has 0 bridgehead atoms. The highest BCUT2D eigenvalue weighted by atomic mass is 16.5. The first-order valence-corrected chi connectivity index (χ1v) is 11.2. The van der Waals surface area contributed by atoms with E-state index in [1.807, 2.05) is 61.7 Å². The Morgan fingerprint density at radius 2 is 1.79 bits per heavy atom. The molecule has 1 unspecified atom stereocenters. The van der Waals surface area contributed by atoms with Gasteiger partial charge < -0.3 is 19.4 Å². The van der Waals surface area contributed by atoms with Crippen LogP contribution in [0.2, 0.25) is 0 Å². The van der Waals surface area contributed by atoms with E-state index in [4.69, 9.17) is 9.47 Å². The van der Waals surface area contributed by atoms with Gasteiger partial charge in [-0.25, -0.2) is 9.97 Å². The van der Waals surface area contributed by atoms with Gasteiger partial charge in [0.25, 0.3) is 0 Å². The molecule has 0 spiro atoms. The number of benzene rings is 2. The van der Waals surface area contributed by atoms with E-state index in [0.717, 1.165) is 57.8 Å². The highest BCUT2D eigenvalue weighted by Crippen LogP contribution is 2.36. The lowest BCUT2D eigenvalue weighted by molar-refractivity contribution is 0.257. The maximum atomic E-state index is 6.16. The van der Waals surface area contributed by atoms with Crippen LogP contribution < -0.4 is 9.47 Å². The molecule has 7 heteroatoms.